The maximum atomic E-state index is 6.29. The van der Waals surface area contributed by atoms with Crippen molar-refractivity contribution in [3.63, 3.8) is 0 Å². The van der Waals surface area contributed by atoms with Crippen molar-refractivity contribution in [2.75, 3.05) is 13.1 Å². The third-order valence-electron chi connectivity index (χ3n) is 4.93. The van der Waals surface area contributed by atoms with Gasteiger partial charge in [-0.05, 0) is 39.2 Å². The van der Waals surface area contributed by atoms with E-state index < -0.39 is 0 Å². The number of rotatable bonds is 3. The Morgan fingerprint density at radius 3 is 3.05 bits per heavy atom. The SMILES string of the molecule is Cc1noc(C)c1CN1CC[C@H]2C[C@@H](c3nccs3)O[C@@H]2C1. The van der Waals surface area contributed by atoms with Crippen molar-refractivity contribution >= 4 is 11.3 Å². The predicted molar refractivity (Wildman–Crippen MR) is 83.7 cm³/mol. The number of nitrogens with zero attached hydrogens (tertiary/aromatic N) is 3. The number of piperidine rings is 1. The van der Waals surface area contributed by atoms with Crippen molar-refractivity contribution in [3.05, 3.63) is 33.6 Å². The van der Waals surface area contributed by atoms with E-state index in [0.717, 1.165) is 42.5 Å². The van der Waals surface area contributed by atoms with Crippen LogP contribution in [0.5, 0.6) is 0 Å². The van der Waals surface area contributed by atoms with Gasteiger partial charge >= 0.3 is 0 Å². The van der Waals surface area contributed by atoms with Crippen molar-refractivity contribution in [1.29, 1.82) is 0 Å². The molecule has 4 heterocycles. The van der Waals surface area contributed by atoms with E-state index in [2.05, 4.69) is 15.0 Å². The number of hydrogen-bond donors (Lipinski definition) is 0. The lowest BCUT2D eigenvalue weighted by Crippen LogP contribution is -2.41. The third-order valence-corrected chi connectivity index (χ3v) is 5.79. The van der Waals surface area contributed by atoms with Crippen LogP contribution in [-0.2, 0) is 11.3 Å². The smallest absolute Gasteiger partial charge is 0.138 e. The predicted octanol–water partition coefficient (Wildman–Crippen LogP) is 3.10. The van der Waals surface area contributed by atoms with Crippen LogP contribution in [0.3, 0.4) is 0 Å². The number of aromatic nitrogens is 2. The van der Waals surface area contributed by atoms with Crippen LogP contribution < -0.4 is 0 Å². The fourth-order valence-corrected chi connectivity index (χ4v) is 4.33. The lowest BCUT2D eigenvalue weighted by Gasteiger charge is -2.33. The highest BCUT2D eigenvalue weighted by atomic mass is 32.1. The summed E-state index contributed by atoms with van der Waals surface area (Å²) in [6, 6.07) is 0. The standard InChI is InChI=1S/C16H21N3O2S/c1-10-13(11(2)21-18-10)8-19-5-3-12-7-14(20-15(12)9-19)16-17-4-6-22-16/h4,6,12,14-15H,3,5,7-9H2,1-2H3/t12-,14-,15+/m0/s1. The van der Waals surface area contributed by atoms with Crippen molar-refractivity contribution in [2.45, 2.75) is 45.4 Å². The van der Waals surface area contributed by atoms with Gasteiger partial charge < -0.3 is 9.26 Å². The number of thiazole rings is 1. The van der Waals surface area contributed by atoms with E-state index in [0.29, 0.717) is 12.0 Å². The minimum absolute atomic E-state index is 0.203. The molecule has 5 nitrogen and oxygen atoms in total. The van der Waals surface area contributed by atoms with Gasteiger partial charge in [-0.2, -0.15) is 0 Å². The Balaban J connectivity index is 1.42. The van der Waals surface area contributed by atoms with Gasteiger partial charge in [-0.1, -0.05) is 5.16 Å². The van der Waals surface area contributed by atoms with E-state index in [1.165, 1.54) is 12.0 Å². The number of fused-ring (bicyclic) bond motifs is 1. The second-order valence-corrected chi connectivity index (χ2v) is 7.28. The lowest BCUT2D eigenvalue weighted by atomic mass is 9.91. The van der Waals surface area contributed by atoms with Gasteiger partial charge in [0.1, 0.15) is 16.9 Å². The first-order valence-corrected chi connectivity index (χ1v) is 8.77. The number of ether oxygens (including phenoxy) is 1. The molecule has 0 bridgehead atoms. The average Bonchev–Trinajstić information content (AvgIpc) is 3.22. The molecule has 0 unspecified atom stereocenters. The molecule has 3 atom stereocenters. The van der Waals surface area contributed by atoms with Crippen molar-refractivity contribution in [1.82, 2.24) is 15.0 Å². The molecule has 0 N–H and O–H groups in total. The van der Waals surface area contributed by atoms with E-state index in [1.54, 1.807) is 11.3 Å². The molecule has 0 saturated carbocycles. The molecule has 2 aliphatic rings. The Labute approximate surface area is 134 Å². The fraction of sp³-hybridized carbons (Fsp3) is 0.625. The van der Waals surface area contributed by atoms with E-state index in [-0.39, 0.29) is 6.10 Å². The van der Waals surface area contributed by atoms with Crippen LogP contribution in [0.2, 0.25) is 0 Å². The Bertz CT molecular complexity index is 620. The number of hydrogen-bond acceptors (Lipinski definition) is 6. The molecule has 118 valence electrons. The van der Waals surface area contributed by atoms with Crippen LogP contribution in [0, 0.1) is 19.8 Å². The zero-order chi connectivity index (χ0) is 15.1. The summed E-state index contributed by atoms with van der Waals surface area (Å²) in [6.07, 6.45) is 4.74. The van der Waals surface area contributed by atoms with Crippen LogP contribution >= 0.6 is 11.3 Å². The summed E-state index contributed by atoms with van der Waals surface area (Å²) in [7, 11) is 0. The molecule has 22 heavy (non-hydrogen) atoms. The second-order valence-electron chi connectivity index (χ2n) is 6.36. The van der Waals surface area contributed by atoms with Gasteiger partial charge in [0.25, 0.3) is 0 Å². The summed E-state index contributed by atoms with van der Waals surface area (Å²) in [5, 5.41) is 7.22. The number of aryl methyl sites for hydroxylation is 2. The maximum Gasteiger partial charge on any atom is 0.138 e. The van der Waals surface area contributed by atoms with Crippen molar-refractivity contribution in [3.8, 4) is 0 Å². The summed E-state index contributed by atoms with van der Waals surface area (Å²) in [5.41, 5.74) is 2.24. The molecule has 0 amide bonds. The fourth-order valence-electron chi connectivity index (χ4n) is 3.64. The van der Waals surface area contributed by atoms with Gasteiger partial charge in [0, 0.05) is 30.2 Å². The zero-order valence-electron chi connectivity index (χ0n) is 13.0. The minimum atomic E-state index is 0.203. The monoisotopic (exact) mass is 319 g/mol. The Hall–Kier alpha value is -1.24. The van der Waals surface area contributed by atoms with Gasteiger partial charge in [0.05, 0.1) is 11.8 Å². The maximum absolute atomic E-state index is 6.29. The molecule has 2 aromatic heterocycles. The van der Waals surface area contributed by atoms with Crippen LogP contribution in [0.1, 0.15) is 41.0 Å². The van der Waals surface area contributed by atoms with Gasteiger partial charge in [0.2, 0.25) is 0 Å². The Morgan fingerprint density at radius 1 is 1.41 bits per heavy atom. The average molecular weight is 319 g/mol. The lowest BCUT2D eigenvalue weighted by molar-refractivity contribution is -0.00952. The van der Waals surface area contributed by atoms with Gasteiger partial charge in [-0.25, -0.2) is 4.98 Å². The van der Waals surface area contributed by atoms with Crippen LogP contribution in [-0.4, -0.2) is 34.2 Å². The summed E-state index contributed by atoms with van der Waals surface area (Å²) in [5.74, 6) is 1.61. The topological polar surface area (TPSA) is 51.4 Å². The first-order chi connectivity index (χ1) is 10.7. The molecule has 2 aliphatic heterocycles. The zero-order valence-corrected chi connectivity index (χ0v) is 13.8. The molecule has 0 aromatic carbocycles. The highest BCUT2D eigenvalue weighted by molar-refractivity contribution is 7.09. The molecule has 6 heteroatoms. The molecular formula is C16H21N3O2S. The Morgan fingerprint density at radius 2 is 2.32 bits per heavy atom. The van der Waals surface area contributed by atoms with E-state index in [4.69, 9.17) is 9.26 Å². The molecule has 0 aliphatic carbocycles. The molecule has 2 fully saturated rings. The van der Waals surface area contributed by atoms with Gasteiger partial charge in [0.15, 0.2) is 0 Å². The van der Waals surface area contributed by atoms with Crippen molar-refractivity contribution < 1.29 is 9.26 Å². The molecular weight excluding hydrogens is 298 g/mol. The van der Waals surface area contributed by atoms with Crippen LogP contribution in [0.4, 0.5) is 0 Å². The molecule has 2 saturated heterocycles. The summed E-state index contributed by atoms with van der Waals surface area (Å²) < 4.78 is 11.6. The molecule has 0 radical (unpaired) electrons. The summed E-state index contributed by atoms with van der Waals surface area (Å²) >= 11 is 1.70. The van der Waals surface area contributed by atoms with E-state index in [9.17, 15) is 0 Å². The highest BCUT2D eigenvalue weighted by Gasteiger charge is 2.40. The summed E-state index contributed by atoms with van der Waals surface area (Å²) in [6.45, 7) is 7.04. The second kappa shape index (κ2) is 5.76. The highest BCUT2D eigenvalue weighted by Crippen LogP contribution is 2.41. The first-order valence-electron chi connectivity index (χ1n) is 7.89. The first kappa shape index (κ1) is 14.4. The van der Waals surface area contributed by atoms with Crippen molar-refractivity contribution in [2.24, 2.45) is 5.92 Å². The third kappa shape index (κ3) is 2.59. The van der Waals surface area contributed by atoms with Gasteiger partial charge in [-0.3, -0.25) is 4.90 Å². The van der Waals surface area contributed by atoms with Crippen LogP contribution in [0.25, 0.3) is 0 Å². The quantitative estimate of drug-likeness (QED) is 0.870. The van der Waals surface area contributed by atoms with Crippen LogP contribution in [0.15, 0.2) is 16.1 Å². The van der Waals surface area contributed by atoms with Gasteiger partial charge in [-0.15, -0.1) is 11.3 Å². The molecule has 2 aromatic rings. The number of likely N-dealkylation sites (tertiary alicyclic amines) is 1. The Kier molecular flexibility index (Phi) is 3.76. The normalized spacial score (nSPS) is 28.9. The largest absolute Gasteiger partial charge is 0.366 e. The minimum Gasteiger partial charge on any atom is -0.366 e. The van der Waals surface area contributed by atoms with E-state index in [1.807, 2.05) is 25.4 Å². The summed E-state index contributed by atoms with van der Waals surface area (Å²) in [4.78, 5) is 6.89. The molecule has 4 rings (SSSR count). The van der Waals surface area contributed by atoms with E-state index >= 15 is 0 Å². The molecule has 0 spiro atoms.